The van der Waals surface area contributed by atoms with Gasteiger partial charge in [-0.1, -0.05) is 30.6 Å². The van der Waals surface area contributed by atoms with Crippen LogP contribution in [0.1, 0.15) is 42.3 Å². The number of amides is 2. The zero-order chi connectivity index (χ0) is 19.4. The number of aromatic nitrogens is 1. The number of rotatable bonds is 5. The van der Waals surface area contributed by atoms with Gasteiger partial charge in [0.2, 0.25) is 5.91 Å². The Morgan fingerprint density at radius 3 is 2.32 bits per heavy atom. The van der Waals surface area contributed by atoms with Crippen LogP contribution in [0.4, 0.5) is 0 Å². The van der Waals surface area contributed by atoms with Crippen molar-refractivity contribution >= 4 is 35.0 Å². The summed E-state index contributed by atoms with van der Waals surface area (Å²) in [5.41, 5.74) is 0.752. The predicted molar refractivity (Wildman–Crippen MR) is 109 cm³/mol. The first-order valence-corrected chi connectivity index (χ1v) is 9.35. The lowest BCUT2D eigenvalue weighted by atomic mass is 10.0. The number of pyridine rings is 1. The number of carbonyl (C=O) groups excluding carboxylic acids is 2. The number of carbonyl (C=O) groups is 2. The fourth-order valence-corrected chi connectivity index (χ4v) is 3.32. The molecule has 0 bridgehead atoms. The van der Waals surface area contributed by atoms with Crippen LogP contribution < -0.4 is 5.32 Å². The molecule has 0 unspecified atom stereocenters. The number of benzene rings is 1. The van der Waals surface area contributed by atoms with Gasteiger partial charge in [-0.25, -0.2) is 0 Å². The van der Waals surface area contributed by atoms with Crippen molar-refractivity contribution in [2.24, 2.45) is 0 Å². The Kier molecular flexibility index (Phi) is 7.80. The quantitative estimate of drug-likeness (QED) is 0.770. The molecule has 2 amide bonds. The third kappa shape index (κ3) is 5.01. The van der Waals surface area contributed by atoms with Gasteiger partial charge in [0.15, 0.2) is 0 Å². The third-order valence-electron chi connectivity index (χ3n) is 4.52. The largest absolute Gasteiger partial charge is 0.386 e. The van der Waals surface area contributed by atoms with Gasteiger partial charge in [-0.2, -0.15) is 0 Å². The Hall–Kier alpha value is -2.15. The van der Waals surface area contributed by atoms with Crippen molar-refractivity contribution in [3.63, 3.8) is 0 Å². The number of nitrogens with one attached hydrogen (secondary N) is 1. The summed E-state index contributed by atoms with van der Waals surface area (Å²) in [6.07, 6.45) is 3.66. The van der Waals surface area contributed by atoms with Crippen molar-refractivity contribution in [2.75, 3.05) is 13.1 Å². The molecule has 2 atom stereocenters. The molecule has 2 heterocycles. The Balaban J connectivity index is 0.00000280. The average Bonchev–Trinajstić information content (AvgIpc) is 3.22. The second kappa shape index (κ2) is 9.87. The highest BCUT2D eigenvalue weighted by Gasteiger charge is 2.34. The monoisotopic (exact) mass is 423 g/mol. The van der Waals surface area contributed by atoms with Gasteiger partial charge in [0.05, 0.1) is 10.0 Å². The minimum atomic E-state index is -1.20. The lowest BCUT2D eigenvalue weighted by molar-refractivity contribution is -0.135. The lowest BCUT2D eigenvalue weighted by Gasteiger charge is -2.28. The minimum Gasteiger partial charge on any atom is -0.386 e. The molecule has 2 aromatic rings. The van der Waals surface area contributed by atoms with Gasteiger partial charge in [-0.15, -0.1) is 0 Å². The molecule has 8 heteroatoms. The lowest BCUT2D eigenvalue weighted by Crippen LogP contribution is -2.51. The number of nitrogens with zero attached hydrogens (tertiary/aromatic N) is 2. The van der Waals surface area contributed by atoms with E-state index in [0.717, 1.165) is 12.8 Å². The van der Waals surface area contributed by atoms with E-state index in [1.165, 1.54) is 30.6 Å². The molecule has 1 aliphatic heterocycles. The van der Waals surface area contributed by atoms with Crippen LogP contribution in [0.25, 0.3) is 0 Å². The summed E-state index contributed by atoms with van der Waals surface area (Å²) in [5, 5.41) is 14.0. The summed E-state index contributed by atoms with van der Waals surface area (Å²) in [6.45, 7) is 1.22. The van der Waals surface area contributed by atoms with Crippen molar-refractivity contribution in [1.82, 2.24) is 15.2 Å². The van der Waals surface area contributed by atoms with Gasteiger partial charge in [-0.3, -0.25) is 14.6 Å². The molecule has 0 spiro atoms. The van der Waals surface area contributed by atoms with E-state index in [0.29, 0.717) is 23.7 Å². The zero-order valence-corrected chi connectivity index (χ0v) is 16.0. The number of hydrogen-bond donors (Lipinski definition) is 2. The molecule has 3 rings (SSSR count). The highest BCUT2D eigenvalue weighted by Crippen LogP contribution is 2.24. The zero-order valence-electron chi connectivity index (χ0n) is 14.4. The van der Waals surface area contributed by atoms with E-state index in [2.05, 4.69) is 10.3 Å². The first-order valence-electron chi connectivity index (χ1n) is 8.60. The number of likely N-dealkylation sites (tertiary alicyclic amines) is 1. The van der Waals surface area contributed by atoms with Gasteiger partial charge < -0.3 is 15.3 Å². The Morgan fingerprint density at radius 2 is 1.71 bits per heavy atom. The SMILES string of the molecule is C.O=C(N[C@@H](C(=O)N1CCCC1)[C@@H](O)c1ccncc1)c1ccc(Cl)c(Cl)c1. The van der Waals surface area contributed by atoms with Crippen LogP contribution >= 0.6 is 23.2 Å². The Labute approximate surface area is 174 Å². The van der Waals surface area contributed by atoms with Crippen molar-refractivity contribution < 1.29 is 14.7 Å². The first kappa shape index (κ1) is 22.1. The van der Waals surface area contributed by atoms with Crippen molar-refractivity contribution in [3.8, 4) is 0 Å². The molecular formula is C20H23Cl2N3O3. The van der Waals surface area contributed by atoms with E-state index in [4.69, 9.17) is 23.2 Å². The second-order valence-corrected chi connectivity index (χ2v) is 7.15. The maximum Gasteiger partial charge on any atom is 0.252 e. The summed E-state index contributed by atoms with van der Waals surface area (Å²) >= 11 is 11.9. The summed E-state index contributed by atoms with van der Waals surface area (Å²) in [6, 6.07) is 6.55. The maximum absolute atomic E-state index is 12.9. The van der Waals surface area contributed by atoms with Crippen molar-refractivity contribution in [1.29, 1.82) is 0 Å². The second-order valence-electron chi connectivity index (χ2n) is 6.34. The van der Waals surface area contributed by atoms with Crippen LogP contribution in [0.2, 0.25) is 10.0 Å². The Bertz CT molecular complexity index is 827. The van der Waals surface area contributed by atoms with E-state index in [1.54, 1.807) is 17.0 Å². The molecule has 0 aliphatic carbocycles. The van der Waals surface area contributed by atoms with E-state index in [9.17, 15) is 14.7 Å². The minimum absolute atomic E-state index is 0. The fraction of sp³-hybridized carbons (Fsp3) is 0.350. The molecule has 28 heavy (non-hydrogen) atoms. The summed E-state index contributed by atoms with van der Waals surface area (Å²) in [5.74, 6) is -0.829. The number of halogens is 2. The van der Waals surface area contributed by atoms with Gasteiger partial charge in [-0.05, 0) is 48.7 Å². The van der Waals surface area contributed by atoms with Crippen LogP contribution in [-0.2, 0) is 4.79 Å². The number of aliphatic hydroxyl groups excluding tert-OH is 1. The van der Waals surface area contributed by atoms with E-state index in [-0.39, 0.29) is 23.9 Å². The van der Waals surface area contributed by atoms with Crippen LogP contribution in [0.3, 0.4) is 0 Å². The molecule has 0 saturated carbocycles. The van der Waals surface area contributed by atoms with Crippen molar-refractivity contribution in [2.45, 2.75) is 32.4 Å². The third-order valence-corrected chi connectivity index (χ3v) is 5.25. The highest BCUT2D eigenvalue weighted by atomic mass is 35.5. The standard InChI is InChI=1S/C19H19Cl2N3O3.CH4/c20-14-4-3-13(11-15(14)21)18(26)23-16(19(27)24-9-1-2-10-24)17(25)12-5-7-22-8-6-12;/h3-8,11,16-17,25H,1-2,9-10H2,(H,23,26);1H4/t16-,17+;/m1./s1. The van der Waals surface area contributed by atoms with Crippen LogP contribution in [0.15, 0.2) is 42.7 Å². The fourth-order valence-electron chi connectivity index (χ4n) is 3.02. The van der Waals surface area contributed by atoms with Crippen LogP contribution in [-0.4, -0.2) is 45.9 Å². The molecule has 150 valence electrons. The summed E-state index contributed by atoms with van der Waals surface area (Å²) in [4.78, 5) is 31.2. The summed E-state index contributed by atoms with van der Waals surface area (Å²) in [7, 11) is 0. The van der Waals surface area contributed by atoms with E-state index < -0.39 is 18.1 Å². The average molecular weight is 424 g/mol. The highest BCUT2D eigenvalue weighted by molar-refractivity contribution is 6.42. The van der Waals surface area contributed by atoms with Crippen LogP contribution in [0, 0.1) is 0 Å². The molecule has 1 aliphatic rings. The number of aliphatic hydroxyl groups is 1. The topological polar surface area (TPSA) is 82.5 Å². The van der Waals surface area contributed by atoms with Gasteiger partial charge in [0.25, 0.3) is 5.91 Å². The Morgan fingerprint density at radius 1 is 1.07 bits per heavy atom. The van der Waals surface area contributed by atoms with Crippen molar-refractivity contribution in [3.05, 3.63) is 63.9 Å². The number of hydrogen-bond acceptors (Lipinski definition) is 4. The molecule has 6 nitrogen and oxygen atoms in total. The van der Waals surface area contributed by atoms with Gasteiger partial charge >= 0.3 is 0 Å². The molecule has 1 saturated heterocycles. The molecule has 2 N–H and O–H groups in total. The van der Waals surface area contributed by atoms with Gasteiger partial charge in [0, 0.05) is 31.0 Å². The molecule has 1 aromatic carbocycles. The molecule has 1 aromatic heterocycles. The van der Waals surface area contributed by atoms with Crippen LogP contribution in [0.5, 0.6) is 0 Å². The molecule has 1 fully saturated rings. The normalized spacial score (nSPS) is 15.5. The smallest absolute Gasteiger partial charge is 0.252 e. The van der Waals surface area contributed by atoms with E-state index >= 15 is 0 Å². The summed E-state index contributed by atoms with van der Waals surface area (Å²) < 4.78 is 0. The molecular weight excluding hydrogens is 401 g/mol. The predicted octanol–water partition coefficient (Wildman–Crippen LogP) is 3.48. The van der Waals surface area contributed by atoms with E-state index in [1.807, 2.05) is 0 Å². The maximum atomic E-state index is 12.9. The van der Waals surface area contributed by atoms with Gasteiger partial charge in [0.1, 0.15) is 12.1 Å². The molecule has 0 radical (unpaired) electrons. The first-order chi connectivity index (χ1) is 13.0.